The Morgan fingerprint density at radius 2 is 1.82 bits per heavy atom. The molecule has 0 saturated heterocycles. The third kappa shape index (κ3) is 6.51. The molecular formula is C27H34N4O6S2. The Morgan fingerprint density at radius 3 is 2.38 bits per heavy atom. The van der Waals surface area contributed by atoms with Crippen molar-refractivity contribution < 1.29 is 27.2 Å². The molecule has 4 rings (SSSR count). The second-order valence-corrected chi connectivity index (χ2v) is 13.1. The van der Waals surface area contributed by atoms with Gasteiger partial charge in [-0.3, -0.25) is 9.59 Å². The van der Waals surface area contributed by atoms with Crippen molar-refractivity contribution in [2.24, 2.45) is 0 Å². The minimum Gasteiger partial charge on any atom is -0.497 e. The molecule has 10 nitrogen and oxygen atoms in total. The number of ether oxygens (including phenoxy) is 1. The van der Waals surface area contributed by atoms with Gasteiger partial charge in [0.1, 0.15) is 28.0 Å². The zero-order valence-corrected chi connectivity index (χ0v) is 24.4. The standard InChI is InChI=1S/C27H34N4O6S2/c1-18-8-11-22(37-18)7-6-16-31(26(33)27(14-15-27)20-9-12-21(36-5)13-10-20)17-23-28-24(19(2)38-23)25(32)29-39(34,35)30(3)4/h8-13H,6-7,14-17H2,1-5H3,(H,29,32). The van der Waals surface area contributed by atoms with Crippen LogP contribution in [-0.2, 0) is 33.4 Å². The predicted molar refractivity (Wildman–Crippen MR) is 148 cm³/mol. The molecule has 39 heavy (non-hydrogen) atoms. The van der Waals surface area contributed by atoms with Crippen molar-refractivity contribution in [1.82, 2.24) is 18.9 Å². The summed E-state index contributed by atoms with van der Waals surface area (Å²) in [5.74, 6) is 1.65. The van der Waals surface area contributed by atoms with Crippen molar-refractivity contribution in [2.45, 2.75) is 51.5 Å². The summed E-state index contributed by atoms with van der Waals surface area (Å²) in [6.07, 6.45) is 2.87. The van der Waals surface area contributed by atoms with Crippen LogP contribution in [0.1, 0.15) is 56.7 Å². The number of nitrogens with zero attached hydrogens (tertiary/aromatic N) is 3. The number of carbonyl (C=O) groups excluding carboxylic acids is 2. The van der Waals surface area contributed by atoms with Gasteiger partial charge in [-0.15, -0.1) is 11.3 Å². The van der Waals surface area contributed by atoms with Crippen LogP contribution in [0.3, 0.4) is 0 Å². The Kier molecular flexibility index (Phi) is 8.48. The zero-order valence-electron chi connectivity index (χ0n) is 22.8. The molecule has 0 bridgehead atoms. The van der Waals surface area contributed by atoms with Crippen molar-refractivity contribution in [3.8, 4) is 5.75 Å². The molecule has 210 valence electrons. The molecule has 0 radical (unpaired) electrons. The van der Waals surface area contributed by atoms with Gasteiger partial charge in [0.05, 0.1) is 19.1 Å². The van der Waals surface area contributed by atoms with Gasteiger partial charge in [-0.05, 0) is 62.9 Å². The summed E-state index contributed by atoms with van der Waals surface area (Å²) in [4.78, 5) is 33.5. The first-order valence-electron chi connectivity index (χ1n) is 12.7. The van der Waals surface area contributed by atoms with Crippen LogP contribution in [0.15, 0.2) is 40.8 Å². The van der Waals surface area contributed by atoms with E-state index in [1.54, 1.807) is 18.9 Å². The summed E-state index contributed by atoms with van der Waals surface area (Å²) in [5, 5.41) is 0.563. The maximum atomic E-state index is 14.0. The molecule has 12 heteroatoms. The highest BCUT2D eigenvalue weighted by atomic mass is 32.2. The normalized spacial score (nSPS) is 14.3. The van der Waals surface area contributed by atoms with Gasteiger partial charge in [0.25, 0.3) is 5.91 Å². The van der Waals surface area contributed by atoms with Crippen LogP contribution in [0.2, 0.25) is 0 Å². The van der Waals surface area contributed by atoms with Crippen molar-refractivity contribution in [2.75, 3.05) is 27.7 Å². The number of rotatable bonds is 12. The minimum atomic E-state index is -3.96. The number of amides is 2. The van der Waals surface area contributed by atoms with Crippen molar-refractivity contribution in [3.63, 3.8) is 0 Å². The van der Waals surface area contributed by atoms with Gasteiger partial charge in [-0.25, -0.2) is 9.71 Å². The fourth-order valence-corrected chi connectivity index (χ4v) is 5.89. The molecule has 0 aliphatic heterocycles. The number of nitrogens with one attached hydrogen (secondary N) is 1. The van der Waals surface area contributed by atoms with Crippen LogP contribution in [-0.4, -0.2) is 62.2 Å². The molecule has 3 aromatic rings. The number of aryl methyl sites for hydroxylation is 3. The molecule has 2 amide bonds. The fourth-order valence-electron chi connectivity index (χ4n) is 4.43. The first kappa shape index (κ1) is 28.8. The third-order valence-corrected chi connectivity index (χ3v) is 9.18. The Morgan fingerprint density at radius 1 is 1.13 bits per heavy atom. The van der Waals surface area contributed by atoms with Gasteiger partial charge in [-0.2, -0.15) is 12.7 Å². The lowest BCUT2D eigenvalue weighted by Gasteiger charge is -2.27. The smallest absolute Gasteiger partial charge is 0.303 e. The highest BCUT2D eigenvalue weighted by Gasteiger charge is 2.53. The fraction of sp³-hybridized carbons (Fsp3) is 0.444. The van der Waals surface area contributed by atoms with E-state index in [9.17, 15) is 18.0 Å². The minimum absolute atomic E-state index is 0.0114. The maximum Gasteiger partial charge on any atom is 0.303 e. The molecular weight excluding hydrogens is 540 g/mol. The van der Waals surface area contributed by atoms with E-state index in [2.05, 4.69) is 4.98 Å². The molecule has 2 aromatic heterocycles. The monoisotopic (exact) mass is 574 g/mol. The van der Waals surface area contributed by atoms with E-state index >= 15 is 0 Å². The lowest BCUT2D eigenvalue weighted by Crippen LogP contribution is -2.40. The number of hydrogen-bond donors (Lipinski definition) is 1. The highest BCUT2D eigenvalue weighted by molar-refractivity contribution is 7.87. The van der Waals surface area contributed by atoms with E-state index in [0.717, 1.165) is 40.0 Å². The Bertz CT molecular complexity index is 1440. The number of thiazole rings is 1. The van der Waals surface area contributed by atoms with E-state index in [1.807, 2.05) is 48.0 Å². The number of furan rings is 1. The number of aromatic nitrogens is 1. The predicted octanol–water partition coefficient (Wildman–Crippen LogP) is 3.59. The highest BCUT2D eigenvalue weighted by Crippen LogP contribution is 2.50. The van der Waals surface area contributed by atoms with Crippen LogP contribution in [0, 0.1) is 13.8 Å². The van der Waals surface area contributed by atoms with Crippen LogP contribution < -0.4 is 9.46 Å². The lowest BCUT2D eigenvalue weighted by atomic mass is 9.94. The number of hydrogen-bond acceptors (Lipinski definition) is 8. The average molecular weight is 575 g/mol. The summed E-state index contributed by atoms with van der Waals surface area (Å²) in [6, 6.07) is 11.5. The molecule has 2 heterocycles. The van der Waals surface area contributed by atoms with Gasteiger partial charge in [-0.1, -0.05) is 12.1 Å². The zero-order chi connectivity index (χ0) is 28.4. The van der Waals surface area contributed by atoms with Crippen molar-refractivity contribution >= 4 is 33.4 Å². The van der Waals surface area contributed by atoms with Gasteiger partial charge < -0.3 is 14.1 Å². The van der Waals surface area contributed by atoms with E-state index in [4.69, 9.17) is 9.15 Å². The van der Waals surface area contributed by atoms with Crippen LogP contribution >= 0.6 is 11.3 Å². The van der Waals surface area contributed by atoms with Crippen LogP contribution in [0.4, 0.5) is 0 Å². The van der Waals surface area contributed by atoms with Crippen LogP contribution in [0.5, 0.6) is 5.75 Å². The summed E-state index contributed by atoms with van der Waals surface area (Å²) in [5.41, 5.74) is 0.388. The number of benzene rings is 1. The summed E-state index contributed by atoms with van der Waals surface area (Å²) in [7, 11) is 0.315. The number of methoxy groups -OCH3 is 1. The van der Waals surface area contributed by atoms with Gasteiger partial charge in [0.15, 0.2) is 0 Å². The molecule has 0 unspecified atom stereocenters. The van der Waals surface area contributed by atoms with Gasteiger partial charge in [0.2, 0.25) is 5.91 Å². The van der Waals surface area contributed by atoms with Gasteiger partial charge >= 0.3 is 10.2 Å². The Balaban J connectivity index is 1.55. The quantitative estimate of drug-likeness (QED) is 0.351. The van der Waals surface area contributed by atoms with E-state index < -0.39 is 21.5 Å². The Hall–Kier alpha value is -3.22. The first-order chi connectivity index (χ1) is 18.4. The number of carbonyl (C=O) groups is 2. The molecule has 1 aliphatic carbocycles. The summed E-state index contributed by atoms with van der Waals surface area (Å²) < 4.78 is 38.2. The first-order valence-corrected chi connectivity index (χ1v) is 14.9. The maximum absolute atomic E-state index is 14.0. The van der Waals surface area contributed by atoms with E-state index in [-0.39, 0.29) is 18.1 Å². The summed E-state index contributed by atoms with van der Waals surface area (Å²) in [6.45, 7) is 4.30. The van der Waals surface area contributed by atoms with Gasteiger partial charge in [0, 0.05) is 31.9 Å². The van der Waals surface area contributed by atoms with Crippen molar-refractivity contribution in [1.29, 1.82) is 0 Å². The summed E-state index contributed by atoms with van der Waals surface area (Å²) >= 11 is 1.28. The molecule has 1 fully saturated rings. The molecule has 1 aromatic carbocycles. The lowest BCUT2D eigenvalue weighted by molar-refractivity contribution is -0.134. The third-order valence-electron chi connectivity index (χ3n) is 6.82. The Labute approximate surface area is 233 Å². The topological polar surface area (TPSA) is 122 Å². The van der Waals surface area contributed by atoms with Crippen LogP contribution in [0.25, 0.3) is 0 Å². The largest absolute Gasteiger partial charge is 0.497 e. The molecule has 0 atom stereocenters. The van der Waals surface area contributed by atoms with E-state index in [0.29, 0.717) is 29.3 Å². The van der Waals surface area contributed by atoms with E-state index in [1.165, 1.54) is 25.4 Å². The molecule has 1 N–H and O–H groups in total. The second-order valence-electron chi connectivity index (χ2n) is 9.88. The molecule has 0 spiro atoms. The van der Waals surface area contributed by atoms with Crippen molar-refractivity contribution in [3.05, 3.63) is 69.1 Å². The average Bonchev–Trinajstić information content (AvgIpc) is 3.47. The molecule has 1 aliphatic rings. The molecule has 1 saturated carbocycles. The second kappa shape index (κ2) is 11.5. The SMILES string of the molecule is COc1ccc(C2(C(=O)N(CCCc3ccc(C)o3)Cc3nc(C(=O)NS(=O)(=O)N(C)C)c(C)s3)CC2)cc1.